The van der Waals surface area contributed by atoms with Crippen LogP contribution in [0.3, 0.4) is 0 Å². The summed E-state index contributed by atoms with van der Waals surface area (Å²) < 4.78 is 5.24. The molecule has 32 heavy (non-hydrogen) atoms. The van der Waals surface area contributed by atoms with E-state index >= 15 is 0 Å². The molecule has 4 N–H and O–H groups in total. The van der Waals surface area contributed by atoms with Crippen LogP contribution in [-0.4, -0.2) is 15.7 Å². The zero-order valence-electron chi connectivity index (χ0n) is 18.1. The minimum absolute atomic E-state index is 0.267. The van der Waals surface area contributed by atoms with Crippen molar-refractivity contribution in [1.29, 1.82) is 5.41 Å². The number of benzene rings is 3. The molecule has 0 saturated heterocycles. The molecule has 0 atom stereocenters. The molecule has 3 aromatic carbocycles. The first kappa shape index (κ1) is 19.8. The fraction of sp³-hybridized carbons (Fsp3) is 0.111. The Balaban J connectivity index is 1.59. The lowest BCUT2D eigenvalue weighted by atomic mass is 9.94. The van der Waals surface area contributed by atoms with Gasteiger partial charge in [0.1, 0.15) is 5.71 Å². The average Bonchev–Trinajstić information content (AvgIpc) is 3.49. The lowest BCUT2D eigenvalue weighted by Gasteiger charge is -2.12. The first-order valence-corrected chi connectivity index (χ1v) is 10.6. The number of rotatable bonds is 5. The van der Waals surface area contributed by atoms with Gasteiger partial charge in [0.05, 0.1) is 23.6 Å². The van der Waals surface area contributed by atoms with Gasteiger partial charge in [0, 0.05) is 22.4 Å². The summed E-state index contributed by atoms with van der Waals surface area (Å²) in [7, 11) is 0. The molecule has 5 rings (SSSR count). The molecular weight excluding hydrogens is 396 g/mol. The second-order valence-corrected chi connectivity index (χ2v) is 7.98. The molecule has 0 radical (unpaired) electrons. The van der Waals surface area contributed by atoms with E-state index in [1.807, 2.05) is 42.5 Å². The summed E-state index contributed by atoms with van der Waals surface area (Å²) in [6.07, 6.45) is 4.32. The number of fused-ring (bicyclic) bond motifs is 1. The van der Waals surface area contributed by atoms with E-state index in [0.29, 0.717) is 17.1 Å². The predicted molar refractivity (Wildman–Crippen MR) is 130 cm³/mol. The maximum Gasteiger partial charge on any atom is 0.157 e. The molecule has 0 saturated carbocycles. The van der Waals surface area contributed by atoms with Gasteiger partial charge in [-0.15, -0.1) is 0 Å². The monoisotopic (exact) mass is 420 g/mol. The topological polar surface area (TPSA) is 91.7 Å². The van der Waals surface area contributed by atoms with E-state index < -0.39 is 0 Å². The van der Waals surface area contributed by atoms with Crippen molar-refractivity contribution in [3.63, 3.8) is 0 Å². The molecule has 5 heteroatoms. The number of aromatic nitrogens is 2. The van der Waals surface area contributed by atoms with E-state index in [9.17, 15) is 0 Å². The van der Waals surface area contributed by atoms with Gasteiger partial charge in [0.2, 0.25) is 0 Å². The quantitative estimate of drug-likeness (QED) is 0.228. The van der Waals surface area contributed by atoms with Gasteiger partial charge >= 0.3 is 0 Å². The summed E-state index contributed by atoms with van der Waals surface area (Å²) in [5.74, 6) is 0.485. The summed E-state index contributed by atoms with van der Waals surface area (Å²) in [4.78, 5) is 8.05. The first-order valence-electron chi connectivity index (χ1n) is 10.6. The Kier molecular flexibility index (Phi) is 4.86. The summed E-state index contributed by atoms with van der Waals surface area (Å²) in [6, 6.07) is 20.2. The van der Waals surface area contributed by atoms with E-state index in [1.165, 1.54) is 11.1 Å². The third-order valence-electron chi connectivity index (χ3n) is 5.93. The van der Waals surface area contributed by atoms with Crippen LogP contribution in [0.2, 0.25) is 0 Å². The number of imidazole rings is 1. The van der Waals surface area contributed by atoms with E-state index in [1.54, 1.807) is 12.5 Å². The van der Waals surface area contributed by atoms with E-state index in [2.05, 4.69) is 37.0 Å². The Hall–Kier alpha value is -4.12. The van der Waals surface area contributed by atoms with Crippen LogP contribution in [0.25, 0.3) is 33.3 Å². The van der Waals surface area contributed by atoms with Crippen molar-refractivity contribution in [2.45, 2.75) is 20.3 Å². The average molecular weight is 421 g/mol. The standard InChI is InChI=1S/C27H24N4O/c1-3-17-8-7-16(2)21(13-17)18-9-10-23(28)22(14-18)25(29)27-30-24-6-4-5-20(26(24)31-27)19-11-12-32-15-19/h4-15,29H,3,28H2,1-2H3,(H,30,31). The number of hydrogen-bond acceptors (Lipinski definition) is 4. The van der Waals surface area contributed by atoms with Crippen LogP contribution >= 0.6 is 0 Å². The third kappa shape index (κ3) is 3.38. The SMILES string of the molecule is CCc1ccc(C)c(-c2ccc(N)c(C(=N)c3nc4c(-c5ccoc5)cccc4[nH]3)c2)c1. The summed E-state index contributed by atoms with van der Waals surface area (Å²) in [6.45, 7) is 4.25. The molecule has 0 amide bonds. The molecule has 0 aliphatic heterocycles. The summed E-state index contributed by atoms with van der Waals surface area (Å²) >= 11 is 0. The summed E-state index contributed by atoms with van der Waals surface area (Å²) in [5.41, 5.74) is 16.0. The Morgan fingerprint density at radius 1 is 1.03 bits per heavy atom. The van der Waals surface area contributed by atoms with Gasteiger partial charge in [-0.1, -0.05) is 43.3 Å². The van der Waals surface area contributed by atoms with Crippen LogP contribution in [0.5, 0.6) is 0 Å². The van der Waals surface area contributed by atoms with Crippen molar-refractivity contribution in [1.82, 2.24) is 9.97 Å². The smallest absolute Gasteiger partial charge is 0.157 e. The number of hydrogen-bond donors (Lipinski definition) is 3. The van der Waals surface area contributed by atoms with Gasteiger partial charge in [-0.25, -0.2) is 4.98 Å². The van der Waals surface area contributed by atoms with Gasteiger partial charge in [-0.05, 0) is 59.9 Å². The number of H-pyrrole nitrogens is 1. The number of nitrogens with two attached hydrogens (primary N) is 1. The Bertz CT molecular complexity index is 1440. The van der Waals surface area contributed by atoms with Crippen LogP contribution in [-0.2, 0) is 6.42 Å². The van der Waals surface area contributed by atoms with Crippen molar-refractivity contribution in [2.75, 3.05) is 5.73 Å². The zero-order chi connectivity index (χ0) is 22.2. The molecule has 0 aliphatic carbocycles. The lowest BCUT2D eigenvalue weighted by molar-refractivity contribution is 0.568. The number of anilines is 1. The predicted octanol–water partition coefficient (Wildman–Crippen LogP) is 6.36. The van der Waals surface area contributed by atoms with Gasteiger partial charge in [-0.2, -0.15) is 0 Å². The highest BCUT2D eigenvalue weighted by atomic mass is 16.3. The second kappa shape index (κ2) is 7.85. The van der Waals surface area contributed by atoms with Crippen LogP contribution in [0.15, 0.2) is 77.6 Å². The molecule has 5 aromatic rings. The minimum atomic E-state index is 0.267. The number of furan rings is 1. The number of nitrogen functional groups attached to an aromatic ring is 1. The maximum atomic E-state index is 8.89. The molecule has 2 heterocycles. The number of para-hydroxylation sites is 1. The van der Waals surface area contributed by atoms with Crippen molar-refractivity contribution in [3.8, 4) is 22.3 Å². The number of nitrogens with zero attached hydrogens (tertiary/aromatic N) is 1. The highest BCUT2D eigenvalue weighted by Crippen LogP contribution is 2.31. The number of nitrogens with one attached hydrogen (secondary N) is 2. The Labute approximate surface area is 186 Å². The van der Waals surface area contributed by atoms with Crippen molar-refractivity contribution in [2.24, 2.45) is 0 Å². The molecule has 2 aromatic heterocycles. The summed E-state index contributed by atoms with van der Waals surface area (Å²) in [5, 5.41) is 8.89. The Morgan fingerprint density at radius 2 is 1.91 bits per heavy atom. The second-order valence-electron chi connectivity index (χ2n) is 7.98. The van der Waals surface area contributed by atoms with Crippen LogP contribution in [0.1, 0.15) is 29.4 Å². The van der Waals surface area contributed by atoms with Crippen LogP contribution < -0.4 is 5.73 Å². The molecule has 158 valence electrons. The number of aryl methyl sites for hydroxylation is 2. The molecule has 0 spiro atoms. The third-order valence-corrected chi connectivity index (χ3v) is 5.93. The van der Waals surface area contributed by atoms with Crippen LogP contribution in [0, 0.1) is 12.3 Å². The normalized spacial score (nSPS) is 11.2. The van der Waals surface area contributed by atoms with Crippen molar-refractivity contribution >= 4 is 22.4 Å². The molecule has 0 fully saturated rings. The highest BCUT2D eigenvalue weighted by Gasteiger charge is 2.17. The molecule has 0 aliphatic rings. The van der Waals surface area contributed by atoms with E-state index in [4.69, 9.17) is 20.5 Å². The molecule has 5 nitrogen and oxygen atoms in total. The van der Waals surface area contributed by atoms with Gasteiger partial charge in [0.25, 0.3) is 0 Å². The van der Waals surface area contributed by atoms with E-state index in [0.717, 1.165) is 39.7 Å². The zero-order valence-corrected chi connectivity index (χ0v) is 18.1. The minimum Gasteiger partial charge on any atom is -0.472 e. The maximum absolute atomic E-state index is 8.89. The van der Waals surface area contributed by atoms with Gasteiger partial charge < -0.3 is 15.1 Å². The molecule has 0 unspecified atom stereocenters. The molecule has 0 bridgehead atoms. The Morgan fingerprint density at radius 3 is 2.69 bits per heavy atom. The first-order chi connectivity index (χ1) is 15.5. The van der Waals surface area contributed by atoms with E-state index in [-0.39, 0.29) is 5.71 Å². The highest BCUT2D eigenvalue weighted by molar-refractivity contribution is 6.14. The largest absolute Gasteiger partial charge is 0.472 e. The van der Waals surface area contributed by atoms with Crippen molar-refractivity contribution < 1.29 is 4.42 Å². The van der Waals surface area contributed by atoms with Gasteiger partial charge in [0.15, 0.2) is 5.82 Å². The number of aromatic amines is 1. The lowest BCUT2D eigenvalue weighted by Crippen LogP contribution is -2.07. The van der Waals surface area contributed by atoms with Crippen molar-refractivity contribution in [3.05, 3.63) is 95.7 Å². The fourth-order valence-electron chi connectivity index (χ4n) is 4.07. The van der Waals surface area contributed by atoms with Crippen LogP contribution in [0.4, 0.5) is 5.69 Å². The van der Waals surface area contributed by atoms with Gasteiger partial charge in [-0.3, -0.25) is 5.41 Å². The fourth-order valence-corrected chi connectivity index (χ4v) is 4.07. The molecular formula is C27H24N4O.